The number of anilines is 2. The van der Waals surface area contributed by atoms with Crippen LogP contribution in [0.25, 0.3) is 0 Å². The summed E-state index contributed by atoms with van der Waals surface area (Å²) in [6.45, 7) is 1.84. The van der Waals surface area contributed by atoms with Crippen molar-refractivity contribution >= 4 is 33.2 Å². The van der Waals surface area contributed by atoms with Gasteiger partial charge in [-0.3, -0.25) is 4.79 Å². The summed E-state index contributed by atoms with van der Waals surface area (Å²) in [5.41, 5.74) is 7.85. The molecule has 0 radical (unpaired) electrons. The Morgan fingerprint density at radius 1 is 1.33 bits per heavy atom. The largest absolute Gasteiger partial charge is 0.507 e. The van der Waals surface area contributed by atoms with Crippen molar-refractivity contribution in [3.63, 3.8) is 0 Å². The fourth-order valence-electron chi connectivity index (χ4n) is 1.95. The summed E-state index contributed by atoms with van der Waals surface area (Å²) in [4.78, 5) is 12.2. The van der Waals surface area contributed by atoms with Crippen LogP contribution in [0.5, 0.6) is 11.5 Å². The Bertz CT molecular complexity index is 678. The second-order valence-electron chi connectivity index (χ2n) is 4.52. The quantitative estimate of drug-likeness (QED) is 0.741. The fourth-order valence-corrected chi connectivity index (χ4v) is 2.54. The van der Waals surface area contributed by atoms with E-state index in [4.69, 9.17) is 10.5 Å². The molecule has 2 rings (SSSR count). The molecule has 2 aromatic rings. The van der Waals surface area contributed by atoms with Crippen LogP contribution in [0.4, 0.5) is 11.4 Å². The van der Waals surface area contributed by atoms with E-state index in [2.05, 4.69) is 21.2 Å². The van der Waals surface area contributed by atoms with Gasteiger partial charge in [-0.15, -0.1) is 0 Å². The summed E-state index contributed by atoms with van der Waals surface area (Å²) in [6, 6.07) is 8.03. The zero-order valence-electron chi connectivity index (χ0n) is 11.6. The van der Waals surface area contributed by atoms with E-state index in [1.165, 1.54) is 19.2 Å². The van der Waals surface area contributed by atoms with E-state index in [1.54, 1.807) is 12.1 Å². The van der Waals surface area contributed by atoms with E-state index in [0.29, 0.717) is 17.1 Å². The lowest BCUT2D eigenvalue weighted by Gasteiger charge is -2.13. The molecule has 0 atom stereocenters. The monoisotopic (exact) mass is 350 g/mol. The molecule has 0 unspecified atom stereocenters. The maximum atomic E-state index is 12.2. The van der Waals surface area contributed by atoms with Crippen LogP contribution in [0, 0.1) is 6.92 Å². The van der Waals surface area contributed by atoms with Crippen molar-refractivity contribution in [2.75, 3.05) is 18.2 Å². The van der Waals surface area contributed by atoms with Gasteiger partial charge in [0.2, 0.25) is 0 Å². The zero-order valence-corrected chi connectivity index (χ0v) is 13.2. The Morgan fingerprint density at radius 2 is 2.05 bits per heavy atom. The molecule has 0 heterocycles. The van der Waals surface area contributed by atoms with Crippen LogP contribution in [0.15, 0.2) is 34.8 Å². The highest BCUT2D eigenvalue weighted by atomic mass is 79.9. The summed E-state index contributed by atoms with van der Waals surface area (Å²) < 4.78 is 5.82. The number of phenols is 1. The molecule has 0 saturated carbocycles. The minimum atomic E-state index is -0.438. The highest BCUT2D eigenvalue weighted by Crippen LogP contribution is 2.30. The molecule has 0 fully saturated rings. The van der Waals surface area contributed by atoms with E-state index >= 15 is 0 Å². The van der Waals surface area contributed by atoms with Gasteiger partial charge in [0.15, 0.2) is 0 Å². The number of benzene rings is 2. The molecule has 6 heteroatoms. The van der Waals surface area contributed by atoms with Crippen molar-refractivity contribution in [3.05, 3.63) is 45.9 Å². The van der Waals surface area contributed by atoms with Gasteiger partial charge in [0.05, 0.1) is 24.0 Å². The molecule has 0 aromatic heterocycles. The number of hydrogen-bond acceptors (Lipinski definition) is 4. The summed E-state index contributed by atoms with van der Waals surface area (Å²) >= 11 is 3.34. The summed E-state index contributed by atoms with van der Waals surface area (Å²) in [5, 5.41) is 12.6. The Labute approximate surface area is 130 Å². The fraction of sp³-hybridized carbons (Fsp3) is 0.133. The number of phenolic OH excluding ortho intramolecular Hbond substituents is 1. The molecule has 0 saturated heterocycles. The second kappa shape index (κ2) is 6.05. The van der Waals surface area contributed by atoms with Crippen LogP contribution in [-0.4, -0.2) is 18.1 Å². The molecule has 4 N–H and O–H groups in total. The van der Waals surface area contributed by atoms with E-state index in [0.717, 1.165) is 10.0 Å². The predicted octanol–water partition coefficient (Wildman–Crippen LogP) is 3.31. The van der Waals surface area contributed by atoms with E-state index in [1.807, 2.05) is 13.0 Å². The number of methoxy groups -OCH3 is 1. The Hall–Kier alpha value is -2.21. The molecule has 2 aromatic carbocycles. The Balaban J connectivity index is 2.30. The van der Waals surface area contributed by atoms with Crippen LogP contribution in [0.3, 0.4) is 0 Å². The number of nitrogen functional groups attached to an aromatic ring is 1. The first-order chi connectivity index (χ1) is 9.92. The van der Waals surface area contributed by atoms with Crippen molar-refractivity contribution in [1.82, 2.24) is 0 Å². The van der Waals surface area contributed by atoms with Crippen molar-refractivity contribution < 1.29 is 14.6 Å². The lowest BCUT2D eigenvalue weighted by Crippen LogP contribution is -2.14. The SMILES string of the molecule is COc1ccc(C(=O)Nc2c(C)cc(Br)cc2N)c(O)c1. The smallest absolute Gasteiger partial charge is 0.259 e. The Morgan fingerprint density at radius 3 is 2.62 bits per heavy atom. The number of nitrogens with one attached hydrogen (secondary N) is 1. The normalized spacial score (nSPS) is 10.2. The lowest BCUT2D eigenvalue weighted by atomic mass is 10.1. The number of hydrogen-bond donors (Lipinski definition) is 3. The third-order valence-electron chi connectivity index (χ3n) is 3.02. The van der Waals surface area contributed by atoms with Crippen molar-refractivity contribution in [1.29, 1.82) is 0 Å². The van der Waals surface area contributed by atoms with Gasteiger partial charge >= 0.3 is 0 Å². The molecule has 0 bridgehead atoms. The van der Waals surface area contributed by atoms with Crippen LogP contribution in [-0.2, 0) is 0 Å². The minimum absolute atomic E-state index is 0.150. The minimum Gasteiger partial charge on any atom is -0.507 e. The summed E-state index contributed by atoms with van der Waals surface area (Å²) in [7, 11) is 1.49. The van der Waals surface area contributed by atoms with Crippen LogP contribution < -0.4 is 15.8 Å². The molecule has 110 valence electrons. The van der Waals surface area contributed by atoms with Gasteiger partial charge < -0.3 is 20.9 Å². The first-order valence-electron chi connectivity index (χ1n) is 6.16. The Kier molecular flexibility index (Phi) is 4.37. The molecule has 21 heavy (non-hydrogen) atoms. The average molecular weight is 351 g/mol. The maximum Gasteiger partial charge on any atom is 0.259 e. The number of rotatable bonds is 3. The van der Waals surface area contributed by atoms with Crippen LogP contribution in [0.1, 0.15) is 15.9 Å². The van der Waals surface area contributed by atoms with Crippen molar-refractivity contribution in [2.24, 2.45) is 0 Å². The number of nitrogens with two attached hydrogens (primary N) is 1. The van der Waals surface area contributed by atoms with Crippen LogP contribution in [0.2, 0.25) is 0 Å². The summed E-state index contributed by atoms with van der Waals surface area (Å²) in [6.07, 6.45) is 0. The number of carbonyl (C=O) groups is 1. The first kappa shape index (κ1) is 15.2. The number of carbonyl (C=O) groups excluding carboxylic acids is 1. The average Bonchev–Trinajstić information content (AvgIpc) is 2.42. The number of amides is 1. The molecular formula is C15H15BrN2O3. The predicted molar refractivity (Wildman–Crippen MR) is 85.9 cm³/mol. The third-order valence-corrected chi connectivity index (χ3v) is 3.48. The van der Waals surface area contributed by atoms with E-state index in [9.17, 15) is 9.90 Å². The molecule has 0 aliphatic heterocycles. The zero-order chi connectivity index (χ0) is 15.6. The van der Waals surface area contributed by atoms with Crippen molar-refractivity contribution in [2.45, 2.75) is 6.92 Å². The highest BCUT2D eigenvalue weighted by molar-refractivity contribution is 9.10. The number of aromatic hydroxyl groups is 1. The maximum absolute atomic E-state index is 12.2. The van der Waals surface area contributed by atoms with Crippen molar-refractivity contribution in [3.8, 4) is 11.5 Å². The lowest BCUT2D eigenvalue weighted by molar-refractivity contribution is 0.102. The number of ether oxygens (including phenoxy) is 1. The topological polar surface area (TPSA) is 84.6 Å². The molecule has 0 aliphatic rings. The van der Waals surface area contributed by atoms with Crippen LogP contribution >= 0.6 is 15.9 Å². The standard InChI is InChI=1S/C15H15BrN2O3/c1-8-5-9(16)6-12(17)14(8)18-15(20)11-4-3-10(21-2)7-13(11)19/h3-7,19H,17H2,1-2H3,(H,18,20). The van der Waals surface area contributed by atoms with Gasteiger partial charge in [-0.05, 0) is 36.8 Å². The van der Waals surface area contributed by atoms with Gasteiger partial charge in [-0.1, -0.05) is 15.9 Å². The number of halogens is 1. The number of aryl methyl sites for hydroxylation is 1. The molecular weight excluding hydrogens is 336 g/mol. The van der Waals surface area contributed by atoms with Gasteiger partial charge in [0, 0.05) is 10.5 Å². The first-order valence-corrected chi connectivity index (χ1v) is 6.95. The highest BCUT2D eigenvalue weighted by Gasteiger charge is 2.15. The molecule has 0 aliphatic carbocycles. The van der Waals surface area contributed by atoms with E-state index < -0.39 is 5.91 Å². The van der Waals surface area contributed by atoms with Gasteiger partial charge in [0.25, 0.3) is 5.91 Å². The molecule has 0 spiro atoms. The molecule has 5 nitrogen and oxygen atoms in total. The summed E-state index contributed by atoms with van der Waals surface area (Å²) in [5.74, 6) is -0.115. The molecule has 1 amide bonds. The van der Waals surface area contributed by atoms with Gasteiger partial charge in [-0.2, -0.15) is 0 Å². The van der Waals surface area contributed by atoms with Gasteiger partial charge in [0.1, 0.15) is 11.5 Å². The third kappa shape index (κ3) is 3.28. The van der Waals surface area contributed by atoms with E-state index in [-0.39, 0.29) is 11.3 Å². The van der Waals surface area contributed by atoms with Gasteiger partial charge in [-0.25, -0.2) is 0 Å². The second-order valence-corrected chi connectivity index (χ2v) is 5.44.